The van der Waals surface area contributed by atoms with Crippen molar-refractivity contribution in [3.05, 3.63) is 17.7 Å². The standard InChI is InChI=1S/C15H25N3O3/c1-6-9-17-15(16-2)18-10-11-7-8-12(19-3)14(21-5)13(11)20-4/h7-8H,6,9-10H2,1-5H3,(H2,16,17,18). The SMILES string of the molecule is CCCNC(=NC)NCc1ccc(OC)c(OC)c1OC. The predicted molar refractivity (Wildman–Crippen MR) is 84.6 cm³/mol. The highest BCUT2D eigenvalue weighted by atomic mass is 16.5. The van der Waals surface area contributed by atoms with Crippen molar-refractivity contribution in [1.29, 1.82) is 0 Å². The van der Waals surface area contributed by atoms with Crippen molar-refractivity contribution in [2.75, 3.05) is 34.9 Å². The Bertz CT molecular complexity index is 475. The van der Waals surface area contributed by atoms with Crippen LogP contribution in [0.15, 0.2) is 17.1 Å². The second kappa shape index (κ2) is 8.94. The predicted octanol–water partition coefficient (Wildman–Crippen LogP) is 1.79. The van der Waals surface area contributed by atoms with Crippen LogP contribution >= 0.6 is 0 Å². The number of benzene rings is 1. The molecule has 0 aliphatic rings. The number of rotatable bonds is 7. The lowest BCUT2D eigenvalue weighted by Gasteiger charge is -2.17. The molecule has 0 aliphatic carbocycles. The minimum atomic E-state index is 0.576. The number of guanidine groups is 1. The van der Waals surface area contributed by atoms with Crippen molar-refractivity contribution in [2.45, 2.75) is 19.9 Å². The molecule has 6 nitrogen and oxygen atoms in total. The molecule has 0 fully saturated rings. The molecule has 0 saturated carbocycles. The second-order valence-corrected chi connectivity index (χ2v) is 4.35. The summed E-state index contributed by atoms with van der Waals surface area (Å²) in [7, 11) is 6.56. The number of nitrogens with zero attached hydrogens (tertiary/aromatic N) is 1. The van der Waals surface area contributed by atoms with Gasteiger partial charge >= 0.3 is 0 Å². The first-order chi connectivity index (χ1) is 10.2. The molecular weight excluding hydrogens is 270 g/mol. The highest BCUT2D eigenvalue weighted by molar-refractivity contribution is 5.79. The van der Waals surface area contributed by atoms with Gasteiger partial charge in [0, 0.05) is 25.7 Å². The van der Waals surface area contributed by atoms with E-state index >= 15 is 0 Å². The Labute approximate surface area is 126 Å². The van der Waals surface area contributed by atoms with E-state index in [1.807, 2.05) is 12.1 Å². The van der Waals surface area contributed by atoms with Gasteiger partial charge in [0.25, 0.3) is 0 Å². The van der Waals surface area contributed by atoms with Crippen LogP contribution in [0.2, 0.25) is 0 Å². The maximum Gasteiger partial charge on any atom is 0.203 e. The summed E-state index contributed by atoms with van der Waals surface area (Å²) < 4.78 is 16.1. The maximum absolute atomic E-state index is 5.45. The van der Waals surface area contributed by atoms with Gasteiger partial charge in [0.1, 0.15) is 0 Å². The van der Waals surface area contributed by atoms with Crippen LogP contribution in [-0.4, -0.2) is 40.9 Å². The van der Waals surface area contributed by atoms with E-state index in [4.69, 9.17) is 14.2 Å². The van der Waals surface area contributed by atoms with Gasteiger partial charge in [-0.2, -0.15) is 0 Å². The molecular formula is C15H25N3O3. The number of methoxy groups -OCH3 is 3. The van der Waals surface area contributed by atoms with Crippen LogP contribution in [0.5, 0.6) is 17.2 Å². The topological polar surface area (TPSA) is 64.1 Å². The zero-order valence-corrected chi connectivity index (χ0v) is 13.4. The van der Waals surface area contributed by atoms with Gasteiger partial charge < -0.3 is 24.8 Å². The molecule has 21 heavy (non-hydrogen) atoms. The van der Waals surface area contributed by atoms with Gasteiger partial charge in [0.2, 0.25) is 5.75 Å². The van der Waals surface area contributed by atoms with E-state index in [2.05, 4.69) is 22.5 Å². The molecule has 0 amide bonds. The van der Waals surface area contributed by atoms with Crippen molar-refractivity contribution in [2.24, 2.45) is 4.99 Å². The monoisotopic (exact) mass is 295 g/mol. The van der Waals surface area contributed by atoms with Crippen molar-refractivity contribution in [3.63, 3.8) is 0 Å². The summed E-state index contributed by atoms with van der Waals surface area (Å²) in [5, 5.41) is 6.47. The zero-order valence-electron chi connectivity index (χ0n) is 13.4. The fourth-order valence-corrected chi connectivity index (χ4v) is 1.95. The van der Waals surface area contributed by atoms with Gasteiger partial charge in [-0.25, -0.2) is 0 Å². The summed E-state index contributed by atoms with van der Waals surface area (Å²) >= 11 is 0. The molecule has 0 saturated heterocycles. The van der Waals surface area contributed by atoms with E-state index in [9.17, 15) is 0 Å². The Balaban J connectivity index is 2.88. The van der Waals surface area contributed by atoms with E-state index < -0.39 is 0 Å². The van der Waals surface area contributed by atoms with Crippen LogP contribution in [0.3, 0.4) is 0 Å². The molecule has 1 rings (SSSR count). The first-order valence-corrected chi connectivity index (χ1v) is 6.94. The number of ether oxygens (including phenoxy) is 3. The second-order valence-electron chi connectivity index (χ2n) is 4.35. The summed E-state index contributed by atoms with van der Waals surface area (Å²) in [6.07, 6.45) is 1.04. The first-order valence-electron chi connectivity index (χ1n) is 6.94. The largest absolute Gasteiger partial charge is 0.493 e. The van der Waals surface area contributed by atoms with Crippen LogP contribution in [0.1, 0.15) is 18.9 Å². The number of hydrogen-bond acceptors (Lipinski definition) is 4. The third-order valence-corrected chi connectivity index (χ3v) is 3.00. The van der Waals surface area contributed by atoms with Gasteiger partial charge in [-0.3, -0.25) is 4.99 Å². The smallest absolute Gasteiger partial charge is 0.203 e. The summed E-state index contributed by atoms with van der Waals surface area (Å²) in [6, 6.07) is 3.81. The molecule has 0 spiro atoms. The average molecular weight is 295 g/mol. The Hall–Kier alpha value is -2.11. The summed E-state index contributed by atoms with van der Waals surface area (Å²) in [5.41, 5.74) is 0.967. The molecule has 0 atom stereocenters. The molecule has 1 aromatic rings. The quantitative estimate of drug-likeness (QED) is 0.593. The Morgan fingerprint density at radius 1 is 1.05 bits per heavy atom. The Morgan fingerprint density at radius 3 is 2.29 bits per heavy atom. The first kappa shape index (κ1) is 16.9. The third-order valence-electron chi connectivity index (χ3n) is 3.00. The lowest BCUT2D eigenvalue weighted by molar-refractivity contribution is 0.322. The molecule has 2 N–H and O–H groups in total. The van der Waals surface area contributed by atoms with Gasteiger partial charge in [-0.05, 0) is 18.6 Å². The average Bonchev–Trinajstić information content (AvgIpc) is 2.53. The number of hydrogen-bond donors (Lipinski definition) is 2. The molecule has 0 aliphatic heterocycles. The van der Waals surface area contributed by atoms with Crippen molar-refractivity contribution >= 4 is 5.96 Å². The van der Waals surface area contributed by atoms with Crippen LogP contribution in [-0.2, 0) is 6.54 Å². The van der Waals surface area contributed by atoms with E-state index in [-0.39, 0.29) is 0 Å². The molecule has 0 unspecified atom stereocenters. The van der Waals surface area contributed by atoms with Gasteiger partial charge in [0.05, 0.1) is 21.3 Å². The van der Waals surface area contributed by atoms with E-state index in [1.54, 1.807) is 28.4 Å². The lowest BCUT2D eigenvalue weighted by atomic mass is 10.1. The van der Waals surface area contributed by atoms with E-state index in [1.165, 1.54) is 0 Å². The van der Waals surface area contributed by atoms with E-state index in [0.29, 0.717) is 23.8 Å². The van der Waals surface area contributed by atoms with Crippen LogP contribution in [0.25, 0.3) is 0 Å². The summed E-state index contributed by atoms with van der Waals surface area (Å²) in [6.45, 7) is 3.56. The number of aliphatic imine (C=N–C) groups is 1. The third kappa shape index (κ3) is 4.44. The fraction of sp³-hybridized carbons (Fsp3) is 0.533. The van der Waals surface area contributed by atoms with Crippen molar-refractivity contribution in [1.82, 2.24) is 10.6 Å². The van der Waals surface area contributed by atoms with E-state index in [0.717, 1.165) is 24.5 Å². The van der Waals surface area contributed by atoms with Gasteiger partial charge in [-0.15, -0.1) is 0 Å². The Morgan fingerprint density at radius 2 is 1.76 bits per heavy atom. The van der Waals surface area contributed by atoms with Crippen LogP contribution < -0.4 is 24.8 Å². The lowest BCUT2D eigenvalue weighted by Crippen LogP contribution is -2.37. The van der Waals surface area contributed by atoms with Crippen molar-refractivity contribution in [3.8, 4) is 17.2 Å². The normalized spacial score (nSPS) is 11.0. The molecule has 0 bridgehead atoms. The van der Waals surface area contributed by atoms with Gasteiger partial charge in [-0.1, -0.05) is 6.92 Å². The molecule has 6 heteroatoms. The highest BCUT2D eigenvalue weighted by Crippen LogP contribution is 2.39. The summed E-state index contributed by atoms with van der Waals surface area (Å²) in [5.74, 6) is 2.66. The highest BCUT2D eigenvalue weighted by Gasteiger charge is 2.15. The zero-order chi connectivity index (χ0) is 15.7. The molecule has 0 heterocycles. The van der Waals surface area contributed by atoms with Crippen LogP contribution in [0.4, 0.5) is 0 Å². The molecule has 118 valence electrons. The minimum absolute atomic E-state index is 0.576. The molecule has 1 aromatic carbocycles. The van der Waals surface area contributed by atoms with Crippen LogP contribution in [0, 0.1) is 0 Å². The minimum Gasteiger partial charge on any atom is -0.493 e. The fourth-order valence-electron chi connectivity index (χ4n) is 1.95. The number of nitrogens with one attached hydrogen (secondary N) is 2. The van der Waals surface area contributed by atoms with Crippen molar-refractivity contribution < 1.29 is 14.2 Å². The Kier molecular flexibility index (Phi) is 7.21. The maximum atomic E-state index is 5.45. The molecule has 0 aromatic heterocycles. The summed E-state index contributed by atoms with van der Waals surface area (Å²) in [4.78, 5) is 4.17. The molecule has 0 radical (unpaired) electrons. The van der Waals surface area contributed by atoms with Gasteiger partial charge in [0.15, 0.2) is 17.5 Å².